The van der Waals surface area contributed by atoms with E-state index in [4.69, 9.17) is 5.73 Å². The van der Waals surface area contributed by atoms with Gasteiger partial charge in [-0.1, -0.05) is 0 Å². The first-order chi connectivity index (χ1) is 4.20. The quantitative estimate of drug-likeness (QED) is 0.671. The van der Waals surface area contributed by atoms with Gasteiger partial charge in [-0.25, -0.2) is 4.98 Å². The summed E-state index contributed by atoms with van der Waals surface area (Å²) < 4.78 is 0.405. The van der Waals surface area contributed by atoms with Gasteiger partial charge in [0.1, 0.15) is 0 Å². The average molecular weight is 188 g/mol. The molecule has 0 saturated carbocycles. The van der Waals surface area contributed by atoms with Gasteiger partial charge in [0.2, 0.25) is 0 Å². The molecule has 0 aliphatic rings. The van der Waals surface area contributed by atoms with Gasteiger partial charge in [-0.2, -0.15) is 0 Å². The summed E-state index contributed by atoms with van der Waals surface area (Å²) in [6, 6.07) is 1.52. The van der Waals surface area contributed by atoms with Gasteiger partial charge >= 0.3 is 0 Å². The minimum atomic E-state index is -0.288. The molecule has 0 unspecified atom stereocenters. The molecule has 0 aliphatic heterocycles. The van der Waals surface area contributed by atoms with Crippen LogP contribution in [0.4, 0.5) is 5.69 Å². The fourth-order valence-electron chi connectivity index (χ4n) is 0.440. The molecule has 4 heteroatoms. The molecule has 1 rings (SSSR count). The second kappa shape index (κ2) is 2.23. The smallest absolute Gasteiger partial charge is 0.284 e. The number of hydrogen-bond donors (Lipinski definition) is 1. The second-order valence-corrected chi connectivity index (χ2v) is 2.41. The van der Waals surface area contributed by atoms with Crippen LogP contribution in [-0.4, -0.2) is 4.98 Å². The number of rotatable bonds is 0. The number of hydrogen-bond acceptors (Lipinski definition) is 2. The van der Waals surface area contributed by atoms with Gasteiger partial charge in [-0.15, -0.1) is 0 Å². The van der Waals surface area contributed by atoms with E-state index in [1.165, 1.54) is 12.3 Å². The van der Waals surface area contributed by atoms with Crippen molar-refractivity contribution in [1.82, 2.24) is 4.98 Å². The molecule has 0 bridgehead atoms. The summed E-state index contributed by atoms with van der Waals surface area (Å²) >= 11 is 2.99. The number of pyridine rings is 1. The van der Waals surface area contributed by atoms with Crippen molar-refractivity contribution in [2.24, 2.45) is 0 Å². The van der Waals surface area contributed by atoms with E-state index in [0.717, 1.165) is 0 Å². The Balaban J connectivity index is 3.17. The lowest BCUT2D eigenvalue weighted by Gasteiger charge is -1.91. The molecule has 0 aliphatic carbocycles. The van der Waals surface area contributed by atoms with Crippen LogP contribution < -0.4 is 5.73 Å². The molecule has 1 heterocycles. The zero-order valence-corrected chi connectivity index (χ0v) is 6.05. The van der Waals surface area contributed by atoms with Crippen LogP contribution in [0.15, 0.2) is 16.7 Å². The highest BCUT2D eigenvalue weighted by atomic mass is 79.9. The molecule has 0 saturated heterocycles. The largest absolute Gasteiger partial charge is 0.397 e. The Bertz CT molecular complexity index is 226. The summed E-state index contributed by atoms with van der Waals surface area (Å²) in [6.07, 6.45) is 1.33. The van der Waals surface area contributed by atoms with Crippen molar-refractivity contribution < 1.29 is 5.11 Å². The van der Waals surface area contributed by atoms with Gasteiger partial charge in [0.25, 0.3) is 5.88 Å². The molecular formula is C5H4BrN2O. The number of anilines is 1. The number of nitrogens with zero attached hydrogens (tertiary/aromatic N) is 1. The van der Waals surface area contributed by atoms with Crippen LogP contribution in [0.25, 0.3) is 0 Å². The van der Waals surface area contributed by atoms with Crippen LogP contribution in [-0.2, 0) is 5.11 Å². The summed E-state index contributed by atoms with van der Waals surface area (Å²) in [6.45, 7) is 0. The summed E-state index contributed by atoms with van der Waals surface area (Å²) in [5.41, 5.74) is 5.78. The number of nitrogen functional groups attached to an aromatic ring is 1. The number of nitrogens with two attached hydrogens (primary N) is 1. The summed E-state index contributed by atoms with van der Waals surface area (Å²) in [7, 11) is 0. The monoisotopic (exact) mass is 187 g/mol. The molecule has 0 fully saturated rings. The van der Waals surface area contributed by atoms with Gasteiger partial charge < -0.3 is 5.73 Å². The van der Waals surface area contributed by atoms with Crippen LogP contribution >= 0.6 is 15.9 Å². The number of aromatic nitrogens is 1. The second-order valence-electron chi connectivity index (χ2n) is 1.56. The Morgan fingerprint density at radius 2 is 2.33 bits per heavy atom. The zero-order valence-electron chi connectivity index (χ0n) is 4.47. The molecule has 0 amide bonds. The van der Waals surface area contributed by atoms with Gasteiger partial charge in [0.05, 0.1) is 16.4 Å². The van der Waals surface area contributed by atoms with E-state index in [2.05, 4.69) is 20.9 Å². The van der Waals surface area contributed by atoms with Crippen molar-refractivity contribution in [3.63, 3.8) is 0 Å². The predicted molar refractivity (Wildman–Crippen MR) is 36.5 cm³/mol. The molecule has 0 atom stereocenters. The highest BCUT2D eigenvalue weighted by Crippen LogP contribution is 2.22. The maximum atomic E-state index is 10.6. The Morgan fingerprint density at radius 3 is 2.78 bits per heavy atom. The molecular weight excluding hydrogens is 184 g/mol. The molecule has 3 nitrogen and oxygen atoms in total. The van der Waals surface area contributed by atoms with E-state index in [0.29, 0.717) is 10.2 Å². The average Bonchev–Trinajstić information content (AvgIpc) is 1.80. The van der Waals surface area contributed by atoms with E-state index in [1.807, 2.05) is 0 Å². The van der Waals surface area contributed by atoms with Gasteiger partial charge in [-0.3, -0.25) is 5.11 Å². The van der Waals surface area contributed by atoms with Crippen LogP contribution in [0, 0.1) is 0 Å². The predicted octanol–water partition coefficient (Wildman–Crippen LogP) is 1.57. The fourth-order valence-corrected chi connectivity index (χ4v) is 0.807. The van der Waals surface area contributed by atoms with Crippen LogP contribution in [0.3, 0.4) is 0 Å². The van der Waals surface area contributed by atoms with Crippen molar-refractivity contribution in [3.05, 3.63) is 16.7 Å². The molecule has 9 heavy (non-hydrogen) atoms. The van der Waals surface area contributed by atoms with Crippen LogP contribution in [0.2, 0.25) is 0 Å². The first-order valence-electron chi connectivity index (χ1n) is 2.28. The van der Waals surface area contributed by atoms with Crippen LogP contribution in [0.5, 0.6) is 5.88 Å². The Morgan fingerprint density at radius 1 is 1.67 bits per heavy atom. The maximum absolute atomic E-state index is 10.6. The van der Waals surface area contributed by atoms with Crippen molar-refractivity contribution in [1.29, 1.82) is 0 Å². The molecule has 1 aromatic heterocycles. The summed E-state index contributed by atoms with van der Waals surface area (Å²) in [4.78, 5) is 3.45. The molecule has 0 aromatic carbocycles. The first kappa shape index (κ1) is 6.35. The Hall–Kier alpha value is -0.770. The van der Waals surface area contributed by atoms with Gasteiger partial charge in [-0.05, 0) is 22.0 Å². The first-order valence-corrected chi connectivity index (χ1v) is 3.07. The van der Waals surface area contributed by atoms with Crippen molar-refractivity contribution >= 4 is 21.6 Å². The lowest BCUT2D eigenvalue weighted by Crippen LogP contribution is -1.85. The van der Waals surface area contributed by atoms with Crippen LogP contribution in [0.1, 0.15) is 0 Å². The zero-order chi connectivity index (χ0) is 6.85. The molecule has 1 radical (unpaired) electrons. The topological polar surface area (TPSA) is 58.8 Å². The van der Waals surface area contributed by atoms with Crippen molar-refractivity contribution in [2.75, 3.05) is 5.73 Å². The highest BCUT2D eigenvalue weighted by Gasteiger charge is 1.98. The lowest BCUT2D eigenvalue weighted by molar-refractivity contribution is 0.334. The third-order valence-electron chi connectivity index (χ3n) is 0.829. The standard InChI is InChI=1S/C5H4BrN2O/c6-4-1-3(7)2-8-5(4)9/h1-2H,7H2. The van der Waals surface area contributed by atoms with E-state index in [-0.39, 0.29) is 5.88 Å². The maximum Gasteiger partial charge on any atom is 0.284 e. The summed E-state index contributed by atoms with van der Waals surface area (Å²) in [5, 5.41) is 10.6. The Labute approximate surface area is 60.7 Å². The Kier molecular flexibility index (Phi) is 1.57. The van der Waals surface area contributed by atoms with E-state index >= 15 is 0 Å². The molecule has 0 spiro atoms. The minimum absolute atomic E-state index is 0.288. The number of halogens is 1. The summed E-state index contributed by atoms with van der Waals surface area (Å²) in [5.74, 6) is -0.288. The molecule has 47 valence electrons. The molecule has 1 aromatic rings. The SMILES string of the molecule is Nc1cnc([O])c(Br)c1. The van der Waals surface area contributed by atoms with Gasteiger partial charge in [0, 0.05) is 0 Å². The van der Waals surface area contributed by atoms with Crippen molar-refractivity contribution in [3.8, 4) is 5.88 Å². The van der Waals surface area contributed by atoms with E-state index in [9.17, 15) is 5.11 Å². The van der Waals surface area contributed by atoms with E-state index in [1.54, 1.807) is 0 Å². The highest BCUT2D eigenvalue weighted by molar-refractivity contribution is 9.10. The minimum Gasteiger partial charge on any atom is -0.397 e. The molecule has 2 N–H and O–H groups in total. The normalized spacial score (nSPS) is 9.44. The third kappa shape index (κ3) is 1.32. The van der Waals surface area contributed by atoms with Crippen molar-refractivity contribution in [2.45, 2.75) is 0 Å². The fraction of sp³-hybridized carbons (Fsp3) is 0. The van der Waals surface area contributed by atoms with Gasteiger partial charge in [0.15, 0.2) is 0 Å². The third-order valence-corrected chi connectivity index (χ3v) is 1.40. The van der Waals surface area contributed by atoms with E-state index < -0.39 is 0 Å². The lowest BCUT2D eigenvalue weighted by atomic mass is 10.4.